The molecule has 0 unspecified atom stereocenters. The van der Waals surface area contributed by atoms with Crippen molar-refractivity contribution in [1.29, 1.82) is 0 Å². The summed E-state index contributed by atoms with van der Waals surface area (Å²) in [5.74, 6) is -0.422. The number of anilines is 2. The van der Waals surface area contributed by atoms with Crippen LogP contribution in [0.2, 0.25) is 0 Å². The molecule has 7 nitrogen and oxygen atoms in total. The third-order valence-corrected chi connectivity index (χ3v) is 7.16. The van der Waals surface area contributed by atoms with Crippen molar-refractivity contribution in [2.75, 3.05) is 15.9 Å². The van der Waals surface area contributed by atoms with Crippen LogP contribution in [0.25, 0.3) is 10.2 Å². The quantitative estimate of drug-likeness (QED) is 0.578. The number of aromatic nitrogens is 1. The molecule has 1 aromatic heterocycles. The summed E-state index contributed by atoms with van der Waals surface area (Å²) in [6, 6.07) is 9.85. The van der Waals surface area contributed by atoms with E-state index in [1.165, 1.54) is 4.31 Å². The van der Waals surface area contributed by atoms with E-state index in [0.29, 0.717) is 24.3 Å². The summed E-state index contributed by atoms with van der Waals surface area (Å²) in [6.07, 6.45) is 1.41. The van der Waals surface area contributed by atoms with Gasteiger partial charge in [0.15, 0.2) is 0 Å². The van der Waals surface area contributed by atoms with Crippen molar-refractivity contribution >= 4 is 48.9 Å². The molecule has 0 fully saturated rings. The van der Waals surface area contributed by atoms with E-state index in [9.17, 15) is 18.0 Å². The number of fused-ring (bicyclic) bond motifs is 1. The largest absolute Gasteiger partial charge is 0.324 e. The van der Waals surface area contributed by atoms with Gasteiger partial charge in [0.25, 0.3) is 0 Å². The number of rotatable bonds is 7. The van der Waals surface area contributed by atoms with Gasteiger partial charge in [-0.1, -0.05) is 24.3 Å². The first-order valence-electron chi connectivity index (χ1n) is 10.1. The lowest BCUT2D eigenvalue weighted by molar-refractivity contribution is -0.117. The van der Waals surface area contributed by atoms with Crippen LogP contribution in [0.5, 0.6) is 0 Å². The molecule has 0 saturated heterocycles. The van der Waals surface area contributed by atoms with E-state index in [2.05, 4.69) is 5.32 Å². The lowest BCUT2D eigenvalue weighted by atomic mass is 10.1. The molecule has 1 heterocycles. The van der Waals surface area contributed by atoms with Gasteiger partial charge < -0.3 is 5.32 Å². The molecule has 0 bridgehead atoms. The summed E-state index contributed by atoms with van der Waals surface area (Å²) < 4.78 is 29.0. The Kier molecular flexibility index (Phi) is 6.56. The topological polar surface area (TPSA) is 88.5 Å². The number of aryl methyl sites for hydroxylation is 3. The molecule has 31 heavy (non-hydrogen) atoms. The maximum atomic E-state index is 13.2. The molecule has 3 aromatic rings. The van der Waals surface area contributed by atoms with Gasteiger partial charge in [-0.2, -0.15) is 0 Å². The fourth-order valence-electron chi connectivity index (χ4n) is 3.81. The summed E-state index contributed by atoms with van der Waals surface area (Å²) >= 11 is 1.12. The number of hydrogen-bond donors (Lipinski definition) is 1. The molecule has 1 atom stereocenters. The van der Waals surface area contributed by atoms with Crippen LogP contribution in [-0.2, 0) is 21.4 Å². The zero-order valence-electron chi connectivity index (χ0n) is 18.3. The van der Waals surface area contributed by atoms with Crippen molar-refractivity contribution in [3.05, 3.63) is 57.2 Å². The molecule has 0 saturated carbocycles. The average molecular weight is 462 g/mol. The van der Waals surface area contributed by atoms with Crippen molar-refractivity contribution in [2.24, 2.45) is 0 Å². The molecule has 1 amide bonds. The number of hydrogen-bond acceptors (Lipinski definition) is 5. The first kappa shape index (κ1) is 23.0. The Morgan fingerprint density at radius 1 is 1.13 bits per heavy atom. The summed E-state index contributed by atoms with van der Waals surface area (Å²) in [6.45, 7) is 8.03. The SMILES string of the molecule is CC[C@H](C(=O)Nc1ccc2c(c1)sc(=O)n2CC)N(c1cc(C)cc(C)c1)S(C)(=O)=O. The van der Waals surface area contributed by atoms with E-state index in [1.54, 1.807) is 41.8 Å². The van der Waals surface area contributed by atoms with Crippen molar-refractivity contribution in [3.8, 4) is 0 Å². The summed E-state index contributed by atoms with van der Waals surface area (Å²) in [5.41, 5.74) is 3.64. The fraction of sp³-hybridized carbons (Fsp3) is 0.364. The Labute approximate surface area is 186 Å². The van der Waals surface area contributed by atoms with Crippen molar-refractivity contribution < 1.29 is 13.2 Å². The lowest BCUT2D eigenvalue weighted by Gasteiger charge is -2.30. The maximum absolute atomic E-state index is 13.2. The minimum Gasteiger partial charge on any atom is -0.324 e. The molecular weight excluding hydrogens is 434 g/mol. The molecule has 166 valence electrons. The number of benzene rings is 2. The Bertz CT molecular complexity index is 1270. The van der Waals surface area contributed by atoms with E-state index >= 15 is 0 Å². The van der Waals surface area contributed by atoms with Crippen LogP contribution in [0, 0.1) is 13.8 Å². The van der Waals surface area contributed by atoms with Crippen LogP contribution in [-0.4, -0.2) is 31.2 Å². The standard InChI is InChI=1S/C22H27N3O4S2/c1-6-18(25(31(5,28)29)17-11-14(3)10-15(4)12-17)21(26)23-16-8-9-19-20(13-16)30-22(27)24(19)7-2/h8-13,18H,6-7H2,1-5H3,(H,23,26)/t18-/m1/s1. The zero-order chi connectivity index (χ0) is 22.9. The minimum atomic E-state index is -3.71. The molecule has 3 rings (SSSR count). The minimum absolute atomic E-state index is 0.0505. The second-order valence-corrected chi connectivity index (χ2v) is 10.5. The van der Waals surface area contributed by atoms with Crippen LogP contribution in [0.3, 0.4) is 0 Å². The highest BCUT2D eigenvalue weighted by atomic mass is 32.2. The van der Waals surface area contributed by atoms with Gasteiger partial charge in [-0.25, -0.2) is 8.42 Å². The predicted molar refractivity (Wildman–Crippen MR) is 128 cm³/mol. The summed E-state index contributed by atoms with van der Waals surface area (Å²) in [5, 5.41) is 2.83. The lowest BCUT2D eigenvalue weighted by Crippen LogP contribution is -2.47. The number of nitrogens with zero attached hydrogens (tertiary/aromatic N) is 2. The smallest absolute Gasteiger partial charge is 0.308 e. The van der Waals surface area contributed by atoms with E-state index in [1.807, 2.05) is 26.8 Å². The second-order valence-electron chi connectivity index (χ2n) is 7.61. The molecule has 0 spiro atoms. The maximum Gasteiger partial charge on any atom is 0.308 e. The van der Waals surface area contributed by atoms with Crippen molar-refractivity contribution in [1.82, 2.24) is 4.57 Å². The number of amides is 1. The van der Waals surface area contributed by atoms with E-state index in [4.69, 9.17) is 0 Å². The molecule has 0 aliphatic heterocycles. The summed E-state index contributed by atoms with van der Waals surface area (Å²) in [4.78, 5) is 25.2. The molecule has 0 radical (unpaired) electrons. The third-order valence-electron chi connectivity index (χ3n) is 5.04. The number of nitrogens with one attached hydrogen (secondary N) is 1. The van der Waals surface area contributed by atoms with Gasteiger partial charge in [-0.15, -0.1) is 0 Å². The number of carbonyl (C=O) groups is 1. The third kappa shape index (κ3) is 4.83. The highest BCUT2D eigenvalue weighted by molar-refractivity contribution is 7.92. The Balaban J connectivity index is 1.97. The van der Waals surface area contributed by atoms with Gasteiger partial charge in [0, 0.05) is 12.2 Å². The van der Waals surface area contributed by atoms with Crippen LogP contribution in [0.15, 0.2) is 41.2 Å². The molecule has 9 heteroatoms. The van der Waals surface area contributed by atoms with E-state index < -0.39 is 22.0 Å². The summed E-state index contributed by atoms with van der Waals surface area (Å²) in [7, 11) is -3.71. The molecule has 0 aliphatic rings. The first-order valence-corrected chi connectivity index (χ1v) is 12.7. The van der Waals surface area contributed by atoms with Gasteiger partial charge in [0.05, 0.1) is 22.2 Å². The average Bonchev–Trinajstić information content (AvgIpc) is 2.97. The monoisotopic (exact) mass is 461 g/mol. The van der Waals surface area contributed by atoms with Crippen molar-refractivity contribution in [3.63, 3.8) is 0 Å². The zero-order valence-corrected chi connectivity index (χ0v) is 19.9. The Morgan fingerprint density at radius 2 is 1.77 bits per heavy atom. The molecule has 1 N–H and O–H groups in total. The van der Waals surface area contributed by atoms with Crippen LogP contribution in [0.1, 0.15) is 31.4 Å². The van der Waals surface area contributed by atoms with Gasteiger partial charge in [0.2, 0.25) is 15.9 Å². The van der Waals surface area contributed by atoms with Gasteiger partial charge in [-0.3, -0.25) is 18.5 Å². The molecule has 2 aromatic carbocycles. The normalized spacial score (nSPS) is 12.7. The Hall–Kier alpha value is -2.65. The van der Waals surface area contributed by atoms with Gasteiger partial charge >= 0.3 is 4.87 Å². The van der Waals surface area contributed by atoms with Gasteiger partial charge in [0.1, 0.15) is 6.04 Å². The highest BCUT2D eigenvalue weighted by Crippen LogP contribution is 2.27. The second kappa shape index (κ2) is 8.84. The highest BCUT2D eigenvalue weighted by Gasteiger charge is 2.32. The number of sulfonamides is 1. The van der Waals surface area contributed by atoms with Crippen LogP contribution in [0.4, 0.5) is 11.4 Å². The Morgan fingerprint density at radius 3 is 2.32 bits per heavy atom. The van der Waals surface area contributed by atoms with E-state index in [0.717, 1.165) is 38.9 Å². The molecular formula is C22H27N3O4S2. The van der Waals surface area contributed by atoms with E-state index in [-0.39, 0.29) is 4.87 Å². The van der Waals surface area contributed by atoms with Crippen LogP contribution >= 0.6 is 11.3 Å². The van der Waals surface area contributed by atoms with Gasteiger partial charge in [-0.05, 0) is 68.7 Å². The fourth-order valence-corrected chi connectivity index (χ4v) is 6.00. The van der Waals surface area contributed by atoms with Crippen LogP contribution < -0.4 is 14.5 Å². The number of thiazole rings is 1. The number of carbonyl (C=O) groups excluding carboxylic acids is 1. The predicted octanol–water partition coefficient (Wildman–Crippen LogP) is 3.88. The van der Waals surface area contributed by atoms with Crippen molar-refractivity contribution in [2.45, 2.75) is 46.7 Å². The molecule has 0 aliphatic carbocycles. The first-order chi connectivity index (χ1) is 14.5.